The highest BCUT2D eigenvalue weighted by Gasteiger charge is 2.31. The van der Waals surface area contributed by atoms with Crippen molar-refractivity contribution in [3.63, 3.8) is 0 Å². The first-order valence-corrected chi connectivity index (χ1v) is 7.13. The standard InChI is InChI=1S/C16H20N4O/c1-16(2)7-8-20(10-16)15-12(14(17)19-21)9-11-5-3-4-6-13(11)18-15/h3-6,9,21H,7-8,10H2,1-2H3,(H2,17,19). The van der Waals surface area contributed by atoms with Crippen LogP contribution >= 0.6 is 0 Å². The summed E-state index contributed by atoms with van der Waals surface area (Å²) < 4.78 is 0. The Balaban J connectivity index is 2.15. The maximum atomic E-state index is 9.05. The van der Waals surface area contributed by atoms with Crippen molar-refractivity contribution in [3.05, 3.63) is 35.9 Å². The van der Waals surface area contributed by atoms with Gasteiger partial charge in [-0.2, -0.15) is 0 Å². The van der Waals surface area contributed by atoms with Gasteiger partial charge < -0.3 is 15.8 Å². The minimum atomic E-state index is 0.105. The van der Waals surface area contributed by atoms with Crippen molar-refractivity contribution in [2.24, 2.45) is 16.3 Å². The van der Waals surface area contributed by atoms with E-state index in [2.05, 4.69) is 23.9 Å². The van der Waals surface area contributed by atoms with Crippen LogP contribution in [0, 0.1) is 5.41 Å². The highest BCUT2D eigenvalue weighted by molar-refractivity contribution is 6.04. The van der Waals surface area contributed by atoms with Crippen molar-refractivity contribution in [2.75, 3.05) is 18.0 Å². The lowest BCUT2D eigenvalue weighted by molar-refractivity contribution is 0.318. The van der Waals surface area contributed by atoms with Crippen LogP contribution in [-0.2, 0) is 0 Å². The fraction of sp³-hybridized carbons (Fsp3) is 0.375. The molecule has 3 rings (SSSR count). The Morgan fingerprint density at radius 3 is 2.81 bits per heavy atom. The predicted octanol–water partition coefficient (Wildman–Crippen LogP) is 2.57. The quantitative estimate of drug-likeness (QED) is 0.385. The molecular formula is C16H20N4O. The molecule has 1 aliphatic heterocycles. The molecule has 2 heterocycles. The van der Waals surface area contributed by atoms with Gasteiger partial charge >= 0.3 is 0 Å². The number of rotatable bonds is 2. The molecule has 110 valence electrons. The second kappa shape index (κ2) is 4.91. The van der Waals surface area contributed by atoms with Gasteiger partial charge in [0.05, 0.1) is 11.1 Å². The summed E-state index contributed by atoms with van der Waals surface area (Å²) in [5, 5.41) is 13.2. The maximum Gasteiger partial charge on any atom is 0.173 e. The van der Waals surface area contributed by atoms with Gasteiger partial charge in [-0.05, 0) is 24.0 Å². The summed E-state index contributed by atoms with van der Waals surface area (Å²) in [4.78, 5) is 6.97. The van der Waals surface area contributed by atoms with Crippen LogP contribution in [0.2, 0.25) is 0 Å². The zero-order valence-corrected chi connectivity index (χ0v) is 12.4. The number of hydrogen-bond acceptors (Lipinski definition) is 4. The second-order valence-corrected chi connectivity index (χ2v) is 6.37. The van der Waals surface area contributed by atoms with E-state index in [1.165, 1.54) is 0 Å². The van der Waals surface area contributed by atoms with Crippen molar-refractivity contribution in [3.8, 4) is 0 Å². The zero-order valence-electron chi connectivity index (χ0n) is 12.4. The Morgan fingerprint density at radius 2 is 2.14 bits per heavy atom. The van der Waals surface area contributed by atoms with Crippen LogP contribution in [-0.4, -0.2) is 29.1 Å². The molecule has 0 aliphatic carbocycles. The maximum absolute atomic E-state index is 9.05. The van der Waals surface area contributed by atoms with Crippen LogP contribution < -0.4 is 10.6 Å². The molecule has 0 amide bonds. The minimum Gasteiger partial charge on any atom is -0.409 e. The number of nitrogens with zero attached hydrogens (tertiary/aromatic N) is 3. The first-order valence-electron chi connectivity index (χ1n) is 7.13. The van der Waals surface area contributed by atoms with E-state index < -0.39 is 0 Å². The lowest BCUT2D eigenvalue weighted by Crippen LogP contribution is -2.27. The van der Waals surface area contributed by atoms with E-state index in [1.54, 1.807) is 0 Å². The topological polar surface area (TPSA) is 74.7 Å². The van der Waals surface area contributed by atoms with Crippen LogP contribution in [0.25, 0.3) is 10.9 Å². The third-order valence-corrected chi connectivity index (χ3v) is 4.06. The van der Waals surface area contributed by atoms with E-state index in [1.807, 2.05) is 30.3 Å². The Kier molecular flexibility index (Phi) is 3.20. The number of hydrogen-bond donors (Lipinski definition) is 2. The molecule has 0 bridgehead atoms. The molecule has 5 heteroatoms. The summed E-state index contributed by atoms with van der Waals surface area (Å²) >= 11 is 0. The van der Waals surface area contributed by atoms with E-state index in [-0.39, 0.29) is 11.3 Å². The SMILES string of the molecule is CC1(C)CCN(c2nc3ccccc3cc2/C(N)=N/O)C1. The van der Waals surface area contributed by atoms with Gasteiger partial charge in [-0.25, -0.2) is 4.98 Å². The summed E-state index contributed by atoms with van der Waals surface area (Å²) in [6.07, 6.45) is 1.11. The van der Waals surface area contributed by atoms with Crippen molar-refractivity contribution in [2.45, 2.75) is 20.3 Å². The highest BCUT2D eigenvalue weighted by atomic mass is 16.4. The smallest absolute Gasteiger partial charge is 0.173 e. The van der Waals surface area contributed by atoms with Gasteiger partial charge in [0.25, 0.3) is 0 Å². The van der Waals surface area contributed by atoms with Gasteiger partial charge in [0.2, 0.25) is 0 Å². The Bertz CT molecular complexity index is 708. The van der Waals surface area contributed by atoms with E-state index in [9.17, 15) is 0 Å². The second-order valence-electron chi connectivity index (χ2n) is 6.37. The molecule has 0 spiro atoms. The first-order chi connectivity index (χ1) is 10.00. The third-order valence-electron chi connectivity index (χ3n) is 4.06. The van der Waals surface area contributed by atoms with E-state index in [0.717, 1.165) is 36.2 Å². The Labute approximate surface area is 124 Å². The molecule has 0 radical (unpaired) electrons. The number of aromatic nitrogens is 1. The summed E-state index contributed by atoms with van der Waals surface area (Å²) in [7, 11) is 0. The van der Waals surface area contributed by atoms with Crippen LogP contribution in [0.15, 0.2) is 35.5 Å². The number of para-hydroxylation sites is 1. The number of nitrogens with two attached hydrogens (primary N) is 1. The molecule has 1 saturated heterocycles. The first kappa shape index (κ1) is 13.7. The summed E-state index contributed by atoms with van der Waals surface area (Å²) in [5.74, 6) is 0.905. The summed E-state index contributed by atoms with van der Waals surface area (Å²) in [5.41, 5.74) is 7.73. The van der Waals surface area contributed by atoms with Gasteiger partial charge in [0.1, 0.15) is 5.82 Å². The largest absolute Gasteiger partial charge is 0.409 e. The van der Waals surface area contributed by atoms with Gasteiger partial charge in [-0.3, -0.25) is 0 Å². The van der Waals surface area contributed by atoms with Crippen LogP contribution in [0.1, 0.15) is 25.8 Å². The molecule has 0 unspecified atom stereocenters. The van der Waals surface area contributed by atoms with Crippen molar-refractivity contribution < 1.29 is 5.21 Å². The fourth-order valence-corrected chi connectivity index (χ4v) is 2.88. The van der Waals surface area contributed by atoms with Gasteiger partial charge in [0, 0.05) is 18.5 Å². The average Bonchev–Trinajstić information content (AvgIpc) is 2.85. The van der Waals surface area contributed by atoms with E-state index in [0.29, 0.717) is 5.56 Å². The van der Waals surface area contributed by atoms with Gasteiger partial charge in [-0.15, -0.1) is 0 Å². The molecule has 1 aliphatic rings. The molecule has 5 nitrogen and oxygen atoms in total. The zero-order chi connectivity index (χ0) is 15.0. The van der Waals surface area contributed by atoms with E-state index in [4.69, 9.17) is 15.9 Å². The summed E-state index contributed by atoms with van der Waals surface area (Å²) in [6.45, 7) is 6.35. The minimum absolute atomic E-state index is 0.105. The lowest BCUT2D eigenvalue weighted by atomic mass is 9.93. The highest BCUT2D eigenvalue weighted by Crippen LogP contribution is 2.34. The molecular weight excluding hydrogens is 264 g/mol. The number of fused-ring (bicyclic) bond motifs is 1. The number of oxime groups is 1. The van der Waals surface area contributed by atoms with Crippen LogP contribution in [0.5, 0.6) is 0 Å². The van der Waals surface area contributed by atoms with Crippen molar-refractivity contribution in [1.29, 1.82) is 0 Å². The van der Waals surface area contributed by atoms with Gasteiger partial charge in [0.15, 0.2) is 5.84 Å². The molecule has 0 atom stereocenters. The lowest BCUT2D eigenvalue weighted by Gasteiger charge is -2.23. The fourth-order valence-electron chi connectivity index (χ4n) is 2.88. The molecule has 0 saturated carbocycles. The number of amidine groups is 1. The van der Waals surface area contributed by atoms with E-state index >= 15 is 0 Å². The Morgan fingerprint density at radius 1 is 1.38 bits per heavy atom. The normalized spacial score (nSPS) is 18.4. The Hall–Kier alpha value is -2.30. The predicted molar refractivity (Wildman–Crippen MR) is 84.9 cm³/mol. The molecule has 2 aromatic rings. The molecule has 1 aromatic heterocycles. The van der Waals surface area contributed by atoms with Crippen LogP contribution in [0.3, 0.4) is 0 Å². The van der Waals surface area contributed by atoms with Crippen molar-refractivity contribution in [1.82, 2.24) is 4.98 Å². The average molecular weight is 284 g/mol. The van der Waals surface area contributed by atoms with Crippen molar-refractivity contribution >= 4 is 22.6 Å². The molecule has 3 N–H and O–H groups in total. The number of anilines is 1. The monoisotopic (exact) mass is 284 g/mol. The number of pyridine rings is 1. The number of benzene rings is 1. The molecule has 1 aromatic carbocycles. The molecule has 21 heavy (non-hydrogen) atoms. The van der Waals surface area contributed by atoms with Gasteiger partial charge in [-0.1, -0.05) is 37.2 Å². The third kappa shape index (κ3) is 2.51. The van der Waals surface area contributed by atoms with Crippen LogP contribution in [0.4, 0.5) is 5.82 Å². The molecule has 1 fully saturated rings. The summed E-state index contributed by atoms with van der Waals surface area (Å²) in [6, 6.07) is 9.83.